The molecular formula is C24H30N2O4. The Labute approximate surface area is 177 Å². The number of carbonyl (C=O) groups excluding carboxylic acids is 3. The molecule has 6 nitrogen and oxygen atoms in total. The van der Waals surface area contributed by atoms with Gasteiger partial charge in [0.05, 0.1) is 0 Å². The Kier molecular flexibility index (Phi) is 7.08. The average Bonchev–Trinajstić information content (AvgIpc) is 2.74. The molecule has 1 saturated carbocycles. The van der Waals surface area contributed by atoms with Crippen molar-refractivity contribution in [3.8, 4) is 0 Å². The second-order valence-electron chi connectivity index (χ2n) is 8.26. The van der Waals surface area contributed by atoms with Crippen LogP contribution < -0.4 is 10.6 Å². The normalized spacial score (nSPS) is 22.2. The van der Waals surface area contributed by atoms with Crippen LogP contribution in [0.3, 0.4) is 0 Å². The number of rotatable bonds is 6. The lowest BCUT2D eigenvalue weighted by molar-refractivity contribution is -0.154. The maximum Gasteiger partial charge on any atom is 0.326 e. The third-order valence-electron chi connectivity index (χ3n) is 6.12. The Bertz CT molecular complexity index is 926. The molecule has 160 valence electrons. The van der Waals surface area contributed by atoms with E-state index in [9.17, 15) is 14.4 Å². The lowest BCUT2D eigenvalue weighted by Gasteiger charge is -2.35. The van der Waals surface area contributed by atoms with Crippen molar-refractivity contribution in [2.24, 2.45) is 11.8 Å². The van der Waals surface area contributed by atoms with E-state index in [4.69, 9.17) is 4.74 Å². The molecule has 6 heteroatoms. The number of nitrogens with one attached hydrogen (secondary N) is 2. The first-order valence-corrected chi connectivity index (χ1v) is 10.6. The van der Waals surface area contributed by atoms with Crippen LogP contribution in [0.1, 0.15) is 50.4 Å². The highest BCUT2D eigenvalue weighted by Gasteiger charge is 2.30. The van der Waals surface area contributed by atoms with Crippen molar-refractivity contribution in [3.05, 3.63) is 48.0 Å². The van der Waals surface area contributed by atoms with Crippen molar-refractivity contribution in [2.45, 2.75) is 52.2 Å². The van der Waals surface area contributed by atoms with E-state index in [2.05, 4.69) is 24.5 Å². The van der Waals surface area contributed by atoms with Gasteiger partial charge in [-0.2, -0.15) is 0 Å². The third-order valence-corrected chi connectivity index (χ3v) is 6.12. The second-order valence-corrected chi connectivity index (χ2v) is 8.26. The van der Waals surface area contributed by atoms with Gasteiger partial charge in [-0.05, 0) is 48.1 Å². The molecular weight excluding hydrogens is 380 g/mol. The van der Waals surface area contributed by atoms with Gasteiger partial charge >= 0.3 is 5.97 Å². The fraction of sp³-hybridized carbons (Fsp3) is 0.458. The maximum absolute atomic E-state index is 12.4. The van der Waals surface area contributed by atoms with Crippen LogP contribution >= 0.6 is 0 Å². The Morgan fingerprint density at radius 1 is 1.07 bits per heavy atom. The summed E-state index contributed by atoms with van der Waals surface area (Å²) in [5.74, 6) is -0.342. The summed E-state index contributed by atoms with van der Waals surface area (Å²) in [6.45, 7) is 5.61. The lowest BCUT2D eigenvalue weighted by Crippen LogP contribution is -2.48. The van der Waals surface area contributed by atoms with E-state index in [0.29, 0.717) is 17.4 Å². The molecule has 0 bridgehead atoms. The summed E-state index contributed by atoms with van der Waals surface area (Å²) in [6.07, 6.45) is 2.31. The molecule has 2 aromatic rings. The average molecular weight is 411 g/mol. The van der Waals surface area contributed by atoms with Gasteiger partial charge in [-0.1, -0.05) is 57.0 Å². The van der Waals surface area contributed by atoms with Gasteiger partial charge in [0.1, 0.15) is 6.54 Å². The predicted octanol–water partition coefficient (Wildman–Crippen LogP) is 3.44. The molecule has 4 atom stereocenters. The SMILES string of the molecule is C[C@@H]1[C@H](C)CCC[C@@H]1NC(=O)[C@@H](C)OC(=O)CNC(=O)c1ccc2ccccc2c1. The summed E-state index contributed by atoms with van der Waals surface area (Å²) in [7, 11) is 0. The van der Waals surface area contributed by atoms with E-state index >= 15 is 0 Å². The molecule has 30 heavy (non-hydrogen) atoms. The summed E-state index contributed by atoms with van der Waals surface area (Å²) in [6, 6.07) is 13.2. The molecule has 2 N–H and O–H groups in total. The number of carbonyl (C=O) groups is 3. The van der Waals surface area contributed by atoms with E-state index in [1.165, 1.54) is 6.42 Å². The third kappa shape index (κ3) is 5.38. The first-order valence-electron chi connectivity index (χ1n) is 10.6. The minimum absolute atomic E-state index is 0.106. The number of amides is 2. The zero-order valence-corrected chi connectivity index (χ0v) is 17.8. The molecule has 2 amide bonds. The van der Waals surface area contributed by atoms with Crippen LogP contribution in [0, 0.1) is 11.8 Å². The number of hydrogen-bond acceptors (Lipinski definition) is 4. The zero-order chi connectivity index (χ0) is 21.7. The topological polar surface area (TPSA) is 84.5 Å². The Balaban J connectivity index is 1.47. The summed E-state index contributed by atoms with van der Waals surface area (Å²) in [4.78, 5) is 36.8. The number of benzene rings is 2. The van der Waals surface area contributed by atoms with Crippen molar-refractivity contribution in [1.29, 1.82) is 0 Å². The van der Waals surface area contributed by atoms with Crippen LogP contribution in [0.5, 0.6) is 0 Å². The van der Waals surface area contributed by atoms with E-state index in [0.717, 1.165) is 23.6 Å². The smallest absolute Gasteiger partial charge is 0.326 e. The van der Waals surface area contributed by atoms with Gasteiger partial charge in [-0.15, -0.1) is 0 Å². The summed E-state index contributed by atoms with van der Waals surface area (Å²) in [5, 5.41) is 7.55. The van der Waals surface area contributed by atoms with E-state index in [-0.39, 0.29) is 24.4 Å². The van der Waals surface area contributed by atoms with Crippen molar-refractivity contribution in [3.63, 3.8) is 0 Å². The summed E-state index contributed by atoms with van der Waals surface area (Å²) >= 11 is 0. The fourth-order valence-electron chi connectivity index (χ4n) is 3.96. The molecule has 3 rings (SSSR count). The first kappa shape index (κ1) is 21.8. The molecule has 0 aliphatic heterocycles. The highest BCUT2D eigenvalue weighted by atomic mass is 16.5. The molecule has 1 aliphatic carbocycles. The van der Waals surface area contributed by atoms with Crippen LogP contribution in [0.4, 0.5) is 0 Å². The minimum Gasteiger partial charge on any atom is -0.451 e. The van der Waals surface area contributed by atoms with E-state index < -0.39 is 12.1 Å². The highest BCUT2D eigenvalue weighted by molar-refractivity contribution is 5.99. The van der Waals surface area contributed by atoms with Gasteiger partial charge in [-0.3, -0.25) is 14.4 Å². The fourth-order valence-corrected chi connectivity index (χ4v) is 3.96. The second kappa shape index (κ2) is 9.74. The van der Waals surface area contributed by atoms with E-state index in [1.807, 2.05) is 30.3 Å². The van der Waals surface area contributed by atoms with Gasteiger partial charge in [0.2, 0.25) is 0 Å². The number of esters is 1. The molecule has 1 aliphatic rings. The van der Waals surface area contributed by atoms with Crippen molar-refractivity contribution >= 4 is 28.6 Å². The lowest BCUT2D eigenvalue weighted by atomic mass is 9.78. The Morgan fingerprint density at radius 2 is 1.80 bits per heavy atom. The Morgan fingerprint density at radius 3 is 2.57 bits per heavy atom. The molecule has 0 unspecified atom stereocenters. The van der Waals surface area contributed by atoms with Gasteiger partial charge in [0.25, 0.3) is 11.8 Å². The van der Waals surface area contributed by atoms with Crippen LogP contribution in [0.2, 0.25) is 0 Å². The summed E-state index contributed by atoms with van der Waals surface area (Å²) < 4.78 is 5.21. The molecule has 0 saturated heterocycles. The molecule has 0 heterocycles. The van der Waals surface area contributed by atoms with Crippen LogP contribution in [-0.2, 0) is 14.3 Å². The van der Waals surface area contributed by atoms with Crippen LogP contribution in [-0.4, -0.2) is 36.5 Å². The molecule has 0 aromatic heterocycles. The Hall–Kier alpha value is -2.89. The molecule has 0 radical (unpaired) electrons. The van der Waals surface area contributed by atoms with E-state index in [1.54, 1.807) is 19.1 Å². The van der Waals surface area contributed by atoms with Gasteiger partial charge in [-0.25, -0.2) is 0 Å². The minimum atomic E-state index is -0.903. The predicted molar refractivity (Wildman–Crippen MR) is 116 cm³/mol. The zero-order valence-electron chi connectivity index (χ0n) is 17.8. The standard InChI is InChI=1S/C24H30N2O4/c1-15-7-6-10-21(16(15)2)26-23(28)17(3)30-22(27)14-25-24(29)20-12-11-18-8-4-5-9-19(18)13-20/h4-5,8-9,11-13,15-17,21H,6-7,10,14H2,1-3H3,(H,25,29)(H,26,28)/t15-,16-,17-,21+/m1/s1. The maximum atomic E-state index is 12.4. The number of ether oxygens (including phenoxy) is 1. The van der Waals surface area contributed by atoms with Crippen LogP contribution in [0.25, 0.3) is 10.8 Å². The molecule has 1 fully saturated rings. The highest BCUT2D eigenvalue weighted by Crippen LogP contribution is 2.29. The molecule has 0 spiro atoms. The number of hydrogen-bond donors (Lipinski definition) is 2. The quantitative estimate of drug-likeness (QED) is 0.715. The van der Waals surface area contributed by atoms with Gasteiger partial charge in [0.15, 0.2) is 6.10 Å². The van der Waals surface area contributed by atoms with Crippen molar-refractivity contribution < 1.29 is 19.1 Å². The van der Waals surface area contributed by atoms with Crippen molar-refractivity contribution in [2.75, 3.05) is 6.54 Å². The molecule has 2 aromatic carbocycles. The van der Waals surface area contributed by atoms with Crippen molar-refractivity contribution in [1.82, 2.24) is 10.6 Å². The van der Waals surface area contributed by atoms with Crippen LogP contribution in [0.15, 0.2) is 42.5 Å². The summed E-state index contributed by atoms with van der Waals surface area (Å²) in [5.41, 5.74) is 0.465. The van der Waals surface area contributed by atoms with Gasteiger partial charge < -0.3 is 15.4 Å². The first-order chi connectivity index (χ1) is 14.3. The van der Waals surface area contributed by atoms with Gasteiger partial charge in [0, 0.05) is 11.6 Å². The monoisotopic (exact) mass is 410 g/mol. The number of fused-ring (bicyclic) bond motifs is 1. The largest absolute Gasteiger partial charge is 0.451 e.